The summed E-state index contributed by atoms with van der Waals surface area (Å²) in [5, 5.41) is 9.18. The van der Waals surface area contributed by atoms with Crippen LogP contribution in [0.1, 0.15) is 110 Å². The number of carbonyl (C=O) groups is 1. The standard InChI is InChI=1S/C21H40O3/c1-3-5-6-7-8-9-10-11-12-13-14-15-16-17-18-19-21(23)24-20(22)4-2/h18-20,22H,3-17H2,1-2H3. The number of allylic oxidation sites excluding steroid dienone is 1. The summed E-state index contributed by atoms with van der Waals surface area (Å²) in [5.41, 5.74) is 0. The second kappa shape index (κ2) is 18.5. The first-order valence-electron chi connectivity index (χ1n) is 10.3. The fourth-order valence-corrected chi connectivity index (χ4v) is 2.72. The summed E-state index contributed by atoms with van der Waals surface area (Å²) >= 11 is 0. The van der Waals surface area contributed by atoms with E-state index in [0.717, 1.165) is 12.8 Å². The second-order valence-corrected chi connectivity index (χ2v) is 6.73. The Balaban J connectivity index is 3.21. The lowest BCUT2D eigenvalue weighted by Crippen LogP contribution is -2.14. The number of aliphatic hydroxyl groups excluding tert-OH is 1. The molecular formula is C21H40O3. The SMILES string of the molecule is CCCCCCCCCCCCCCCC=CC(=O)OC(O)CC. The van der Waals surface area contributed by atoms with Crippen LogP contribution in [0.2, 0.25) is 0 Å². The lowest BCUT2D eigenvalue weighted by molar-refractivity contribution is -0.161. The molecule has 1 unspecified atom stereocenters. The second-order valence-electron chi connectivity index (χ2n) is 6.73. The molecule has 0 aromatic rings. The van der Waals surface area contributed by atoms with E-state index < -0.39 is 12.3 Å². The Morgan fingerprint density at radius 3 is 1.75 bits per heavy atom. The average Bonchev–Trinajstić information content (AvgIpc) is 2.58. The van der Waals surface area contributed by atoms with Gasteiger partial charge in [0.05, 0.1) is 0 Å². The van der Waals surface area contributed by atoms with Gasteiger partial charge in [-0.25, -0.2) is 4.79 Å². The topological polar surface area (TPSA) is 46.5 Å². The maximum Gasteiger partial charge on any atom is 0.332 e. The number of unbranched alkanes of at least 4 members (excludes halogenated alkanes) is 13. The number of ether oxygens (including phenoxy) is 1. The molecule has 0 bridgehead atoms. The molecule has 1 N–H and O–H groups in total. The third kappa shape index (κ3) is 17.5. The van der Waals surface area contributed by atoms with Crippen LogP contribution in [0.3, 0.4) is 0 Å². The summed E-state index contributed by atoms with van der Waals surface area (Å²) in [4.78, 5) is 11.3. The number of carbonyl (C=O) groups excluding carboxylic acids is 1. The summed E-state index contributed by atoms with van der Waals surface area (Å²) < 4.78 is 4.75. The van der Waals surface area contributed by atoms with E-state index in [1.165, 1.54) is 83.1 Å². The van der Waals surface area contributed by atoms with Crippen molar-refractivity contribution in [3.63, 3.8) is 0 Å². The zero-order chi connectivity index (χ0) is 17.9. The van der Waals surface area contributed by atoms with E-state index in [-0.39, 0.29) is 0 Å². The van der Waals surface area contributed by atoms with Gasteiger partial charge >= 0.3 is 5.97 Å². The predicted molar refractivity (Wildman–Crippen MR) is 102 cm³/mol. The Labute approximate surface area is 149 Å². The highest BCUT2D eigenvalue weighted by molar-refractivity contribution is 5.81. The van der Waals surface area contributed by atoms with E-state index in [9.17, 15) is 9.90 Å². The maximum atomic E-state index is 11.3. The van der Waals surface area contributed by atoms with E-state index >= 15 is 0 Å². The van der Waals surface area contributed by atoms with Crippen LogP contribution in [0.5, 0.6) is 0 Å². The van der Waals surface area contributed by atoms with Gasteiger partial charge in [0.1, 0.15) is 0 Å². The van der Waals surface area contributed by atoms with Crippen LogP contribution >= 0.6 is 0 Å². The van der Waals surface area contributed by atoms with E-state index in [0.29, 0.717) is 6.42 Å². The van der Waals surface area contributed by atoms with E-state index in [1.54, 1.807) is 6.92 Å². The molecule has 0 aliphatic carbocycles. The van der Waals surface area contributed by atoms with Crippen LogP contribution in [0, 0.1) is 0 Å². The lowest BCUT2D eigenvalue weighted by Gasteiger charge is -2.06. The molecule has 24 heavy (non-hydrogen) atoms. The largest absolute Gasteiger partial charge is 0.433 e. The van der Waals surface area contributed by atoms with Crippen molar-refractivity contribution in [1.29, 1.82) is 0 Å². The molecule has 0 spiro atoms. The molecule has 3 nitrogen and oxygen atoms in total. The van der Waals surface area contributed by atoms with Gasteiger partial charge in [0, 0.05) is 12.5 Å². The van der Waals surface area contributed by atoms with Crippen LogP contribution < -0.4 is 0 Å². The maximum absolute atomic E-state index is 11.3. The molecule has 0 rings (SSSR count). The van der Waals surface area contributed by atoms with Crippen LogP contribution in [-0.2, 0) is 9.53 Å². The van der Waals surface area contributed by atoms with Crippen molar-refractivity contribution >= 4 is 5.97 Å². The Morgan fingerprint density at radius 2 is 1.29 bits per heavy atom. The molecule has 0 heterocycles. The van der Waals surface area contributed by atoms with Gasteiger partial charge in [-0.1, -0.05) is 97.0 Å². The molecule has 142 valence electrons. The quantitative estimate of drug-likeness (QED) is 0.146. The minimum Gasteiger partial charge on any atom is -0.433 e. The Morgan fingerprint density at radius 1 is 0.833 bits per heavy atom. The number of aliphatic hydroxyl groups is 1. The first-order valence-corrected chi connectivity index (χ1v) is 10.3. The number of esters is 1. The highest BCUT2D eigenvalue weighted by atomic mass is 16.6. The van der Waals surface area contributed by atoms with Gasteiger partial charge < -0.3 is 9.84 Å². The smallest absolute Gasteiger partial charge is 0.332 e. The van der Waals surface area contributed by atoms with Crippen molar-refractivity contribution in [3.05, 3.63) is 12.2 Å². The van der Waals surface area contributed by atoms with Crippen LogP contribution in [0.4, 0.5) is 0 Å². The Hall–Kier alpha value is -0.830. The third-order valence-corrected chi connectivity index (χ3v) is 4.33. The highest BCUT2D eigenvalue weighted by Crippen LogP contribution is 2.13. The lowest BCUT2D eigenvalue weighted by atomic mass is 10.0. The summed E-state index contributed by atoms with van der Waals surface area (Å²) in [7, 11) is 0. The van der Waals surface area contributed by atoms with Gasteiger partial charge in [0.2, 0.25) is 6.29 Å². The molecule has 0 aliphatic rings. The fraction of sp³-hybridized carbons (Fsp3) is 0.857. The van der Waals surface area contributed by atoms with E-state index in [4.69, 9.17) is 4.74 Å². The Bertz CT molecular complexity index is 299. The molecule has 0 saturated heterocycles. The number of hydrogen-bond donors (Lipinski definition) is 1. The molecule has 3 heteroatoms. The van der Waals surface area contributed by atoms with Gasteiger partial charge in [-0.3, -0.25) is 0 Å². The Kier molecular flexibility index (Phi) is 17.9. The molecule has 0 saturated carbocycles. The molecule has 0 fully saturated rings. The van der Waals surface area contributed by atoms with Gasteiger partial charge in [0.15, 0.2) is 0 Å². The van der Waals surface area contributed by atoms with Gasteiger partial charge in [-0.2, -0.15) is 0 Å². The molecule has 0 aromatic heterocycles. The van der Waals surface area contributed by atoms with Crippen molar-refractivity contribution in [2.24, 2.45) is 0 Å². The zero-order valence-electron chi connectivity index (χ0n) is 16.1. The summed E-state index contributed by atoms with van der Waals surface area (Å²) in [5.74, 6) is -0.445. The molecule has 0 amide bonds. The number of hydrogen-bond acceptors (Lipinski definition) is 3. The van der Waals surface area contributed by atoms with Crippen molar-refractivity contribution in [2.75, 3.05) is 0 Å². The predicted octanol–water partition coefficient (Wildman–Crippen LogP) is 6.30. The molecular weight excluding hydrogens is 300 g/mol. The highest BCUT2D eigenvalue weighted by Gasteiger charge is 2.04. The monoisotopic (exact) mass is 340 g/mol. The van der Waals surface area contributed by atoms with Gasteiger partial charge in [-0.05, 0) is 12.8 Å². The normalized spacial score (nSPS) is 12.6. The molecule has 1 atom stereocenters. The zero-order valence-corrected chi connectivity index (χ0v) is 16.1. The molecule has 0 aromatic carbocycles. The number of rotatable bonds is 17. The van der Waals surface area contributed by atoms with Crippen LogP contribution in [0.25, 0.3) is 0 Å². The van der Waals surface area contributed by atoms with E-state index in [2.05, 4.69) is 6.92 Å². The van der Waals surface area contributed by atoms with Gasteiger partial charge in [-0.15, -0.1) is 0 Å². The summed E-state index contributed by atoms with van der Waals surface area (Å²) in [6.07, 6.45) is 21.2. The molecule has 0 aliphatic heterocycles. The van der Waals surface area contributed by atoms with Crippen LogP contribution in [0.15, 0.2) is 12.2 Å². The third-order valence-electron chi connectivity index (χ3n) is 4.33. The fourth-order valence-electron chi connectivity index (χ4n) is 2.72. The minimum atomic E-state index is -0.974. The van der Waals surface area contributed by atoms with E-state index in [1.807, 2.05) is 6.08 Å². The first kappa shape index (κ1) is 23.2. The van der Waals surface area contributed by atoms with Crippen molar-refractivity contribution in [2.45, 2.75) is 116 Å². The minimum absolute atomic E-state index is 0.429. The van der Waals surface area contributed by atoms with Crippen molar-refractivity contribution in [1.82, 2.24) is 0 Å². The summed E-state index contributed by atoms with van der Waals surface area (Å²) in [6.45, 7) is 4.04. The van der Waals surface area contributed by atoms with Crippen LogP contribution in [-0.4, -0.2) is 17.4 Å². The molecule has 0 radical (unpaired) electrons. The average molecular weight is 341 g/mol. The van der Waals surface area contributed by atoms with Crippen molar-refractivity contribution < 1.29 is 14.6 Å². The van der Waals surface area contributed by atoms with Crippen molar-refractivity contribution in [3.8, 4) is 0 Å². The van der Waals surface area contributed by atoms with Gasteiger partial charge in [0.25, 0.3) is 0 Å². The summed E-state index contributed by atoms with van der Waals surface area (Å²) in [6, 6.07) is 0. The first-order chi connectivity index (χ1) is 11.7.